The van der Waals surface area contributed by atoms with Gasteiger partial charge in [0.15, 0.2) is 0 Å². The van der Waals surface area contributed by atoms with E-state index in [4.69, 9.17) is 0 Å². The third-order valence-corrected chi connectivity index (χ3v) is 4.23. The quantitative estimate of drug-likeness (QED) is 0.815. The van der Waals surface area contributed by atoms with Crippen molar-refractivity contribution < 1.29 is 8.42 Å². The van der Waals surface area contributed by atoms with Gasteiger partial charge in [0.05, 0.1) is 5.75 Å². The first kappa shape index (κ1) is 14.9. The lowest BCUT2D eigenvalue weighted by Crippen LogP contribution is -2.46. The van der Waals surface area contributed by atoms with Crippen molar-refractivity contribution in [2.75, 3.05) is 38.2 Å². The molecule has 1 rings (SSSR count). The van der Waals surface area contributed by atoms with Gasteiger partial charge in [-0.15, -0.1) is 0 Å². The summed E-state index contributed by atoms with van der Waals surface area (Å²) < 4.78 is 22.4. The number of hydrogen-bond donors (Lipinski definition) is 1. The van der Waals surface area contributed by atoms with Crippen LogP contribution in [0.1, 0.15) is 27.2 Å². The van der Waals surface area contributed by atoms with E-state index < -0.39 is 9.84 Å². The summed E-state index contributed by atoms with van der Waals surface area (Å²) in [5, 5.41) is 3.56. The van der Waals surface area contributed by atoms with Gasteiger partial charge in [0, 0.05) is 25.4 Å². The summed E-state index contributed by atoms with van der Waals surface area (Å²) in [4.78, 5) is 2.27. The minimum Gasteiger partial charge on any atom is -0.312 e. The predicted octanol–water partition coefficient (Wildman–Crippen LogP) is 0.741. The molecular formula is C12H26N2O2S. The lowest BCUT2D eigenvalue weighted by Gasteiger charge is -2.33. The topological polar surface area (TPSA) is 49.4 Å². The van der Waals surface area contributed by atoms with Gasteiger partial charge in [-0.05, 0) is 24.9 Å². The van der Waals surface area contributed by atoms with E-state index in [2.05, 4.69) is 31.0 Å². The molecule has 1 aliphatic heterocycles. The molecule has 0 radical (unpaired) electrons. The Morgan fingerprint density at radius 1 is 1.35 bits per heavy atom. The number of hydrogen-bond acceptors (Lipinski definition) is 4. The second kappa shape index (κ2) is 5.67. The summed E-state index contributed by atoms with van der Waals surface area (Å²) in [6.07, 6.45) is 2.40. The molecule has 0 aliphatic carbocycles. The summed E-state index contributed by atoms with van der Waals surface area (Å²) in [6.45, 7) is 10.3. The fraction of sp³-hybridized carbons (Fsp3) is 1.00. The lowest BCUT2D eigenvalue weighted by atomic mass is 9.86. The van der Waals surface area contributed by atoms with E-state index in [-0.39, 0.29) is 11.2 Å². The van der Waals surface area contributed by atoms with Gasteiger partial charge >= 0.3 is 0 Å². The van der Waals surface area contributed by atoms with Crippen LogP contribution in [-0.4, -0.2) is 57.5 Å². The molecule has 17 heavy (non-hydrogen) atoms. The van der Waals surface area contributed by atoms with Gasteiger partial charge in [-0.1, -0.05) is 20.8 Å². The average molecular weight is 262 g/mol. The Morgan fingerprint density at radius 2 is 2.00 bits per heavy atom. The smallest absolute Gasteiger partial charge is 0.148 e. The van der Waals surface area contributed by atoms with E-state index in [0.29, 0.717) is 12.6 Å². The van der Waals surface area contributed by atoms with E-state index in [0.717, 1.165) is 26.1 Å². The summed E-state index contributed by atoms with van der Waals surface area (Å²) in [5.74, 6) is 0.268. The van der Waals surface area contributed by atoms with Crippen molar-refractivity contribution in [3.8, 4) is 0 Å². The lowest BCUT2D eigenvalue weighted by molar-refractivity contribution is 0.203. The van der Waals surface area contributed by atoms with Crippen LogP contribution in [0.15, 0.2) is 0 Å². The van der Waals surface area contributed by atoms with Crippen LogP contribution < -0.4 is 5.32 Å². The van der Waals surface area contributed by atoms with Crippen molar-refractivity contribution in [2.24, 2.45) is 5.41 Å². The predicted molar refractivity (Wildman–Crippen MR) is 72.0 cm³/mol. The Hall–Kier alpha value is -0.130. The molecule has 1 aliphatic rings. The number of nitrogens with zero attached hydrogens (tertiary/aromatic N) is 1. The number of nitrogens with one attached hydrogen (secondary N) is 1. The van der Waals surface area contributed by atoms with Crippen molar-refractivity contribution in [3.05, 3.63) is 0 Å². The molecule has 0 saturated carbocycles. The zero-order chi connectivity index (χ0) is 13.1. The van der Waals surface area contributed by atoms with Gasteiger partial charge in [-0.2, -0.15) is 0 Å². The molecule has 1 fully saturated rings. The van der Waals surface area contributed by atoms with Gasteiger partial charge in [0.25, 0.3) is 0 Å². The van der Waals surface area contributed by atoms with Gasteiger partial charge in [0.2, 0.25) is 0 Å². The first-order valence-electron chi connectivity index (χ1n) is 6.32. The monoisotopic (exact) mass is 262 g/mol. The standard InChI is InChI=1S/C12H26N2O2S/c1-12(2,3)11-10-14(7-5-6-13-11)8-9-17(4,15)16/h11,13H,5-10H2,1-4H3. The van der Waals surface area contributed by atoms with E-state index >= 15 is 0 Å². The van der Waals surface area contributed by atoms with Crippen molar-refractivity contribution in [1.82, 2.24) is 10.2 Å². The highest BCUT2D eigenvalue weighted by molar-refractivity contribution is 7.90. The zero-order valence-corrected chi connectivity index (χ0v) is 12.3. The minimum atomic E-state index is -2.85. The molecule has 5 heteroatoms. The molecular weight excluding hydrogens is 236 g/mol. The molecule has 1 unspecified atom stereocenters. The summed E-state index contributed by atoms with van der Waals surface area (Å²) in [5.41, 5.74) is 0.216. The number of sulfone groups is 1. The van der Waals surface area contributed by atoms with Crippen LogP contribution in [0.4, 0.5) is 0 Å². The van der Waals surface area contributed by atoms with Crippen molar-refractivity contribution in [3.63, 3.8) is 0 Å². The van der Waals surface area contributed by atoms with Crippen LogP contribution in [0, 0.1) is 5.41 Å². The molecule has 1 saturated heterocycles. The average Bonchev–Trinajstić information content (AvgIpc) is 2.37. The molecule has 0 bridgehead atoms. The van der Waals surface area contributed by atoms with Crippen LogP contribution >= 0.6 is 0 Å². The van der Waals surface area contributed by atoms with Gasteiger partial charge < -0.3 is 10.2 Å². The van der Waals surface area contributed by atoms with Crippen molar-refractivity contribution in [2.45, 2.75) is 33.2 Å². The molecule has 1 heterocycles. The second-order valence-electron chi connectivity index (χ2n) is 6.16. The van der Waals surface area contributed by atoms with E-state index in [9.17, 15) is 8.42 Å². The fourth-order valence-electron chi connectivity index (χ4n) is 2.07. The fourth-order valence-corrected chi connectivity index (χ4v) is 2.66. The molecule has 0 aromatic carbocycles. The van der Waals surface area contributed by atoms with E-state index in [1.165, 1.54) is 6.26 Å². The van der Waals surface area contributed by atoms with Crippen molar-refractivity contribution in [1.29, 1.82) is 0 Å². The molecule has 0 amide bonds. The Kier molecular flexibility index (Phi) is 4.98. The third-order valence-electron chi connectivity index (χ3n) is 3.31. The van der Waals surface area contributed by atoms with Crippen LogP contribution in [0.3, 0.4) is 0 Å². The van der Waals surface area contributed by atoms with E-state index in [1.807, 2.05) is 0 Å². The van der Waals surface area contributed by atoms with Crippen LogP contribution in [-0.2, 0) is 9.84 Å². The van der Waals surface area contributed by atoms with Gasteiger partial charge in [-0.3, -0.25) is 0 Å². The van der Waals surface area contributed by atoms with E-state index in [1.54, 1.807) is 0 Å². The van der Waals surface area contributed by atoms with Crippen LogP contribution in [0.5, 0.6) is 0 Å². The number of rotatable bonds is 3. The molecule has 0 spiro atoms. The first-order valence-corrected chi connectivity index (χ1v) is 8.38. The molecule has 1 N–H and O–H groups in total. The Labute approximate surface area is 106 Å². The molecule has 4 nitrogen and oxygen atoms in total. The minimum absolute atomic E-state index is 0.216. The van der Waals surface area contributed by atoms with Gasteiger partial charge in [0.1, 0.15) is 9.84 Å². The maximum Gasteiger partial charge on any atom is 0.148 e. The Morgan fingerprint density at radius 3 is 2.53 bits per heavy atom. The maximum absolute atomic E-state index is 11.2. The van der Waals surface area contributed by atoms with Crippen LogP contribution in [0.25, 0.3) is 0 Å². The summed E-state index contributed by atoms with van der Waals surface area (Å²) >= 11 is 0. The normalized spacial score (nSPS) is 24.6. The highest BCUT2D eigenvalue weighted by atomic mass is 32.2. The highest BCUT2D eigenvalue weighted by Crippen LogP contribution is 2.21. The summed E-state index contributed by atoms with van der Waals surface area (Å²) in [7, 11) is -2.85. The second-order valence-corrected chi connectivity index (χ2v) is 8.42. The van der Waals surface area contributed by atoms with Gasteiger partial charge in [-0.25, -0.2) is 8.42 Å². The first-order chi connectivity index (χ1) is 7.68. The molecule has 1 atom stereocenters. The largest absolute Gasteiger partial charge is 0.312 e. The van der Waals surface area contributed by atoms with Crippen LogP contribution in [0.2, 0.25) is 0 Å². The summed E-state index contributed by atoms with van der Waals surface area (Å²) in [6, 6.07) is 0.435. The highest BCUT2D eigenvalue weighted by Gasteiger charge is 2.28. The van der Waals surface area contributed by atoms with Crippen molar-refractivity contribution >= 4 is 9.84 Å². The molecule has 102 valence electrons. The maximum atomic E-state index is 11.2. The zero-order valence-electron chi connectivity index (χ0n) is 11.5. The SMILES string of the molecule is CC(C)(C)C1CN(CCS(C)(=O)=O)CCCN1. The molecule has 0 aromatic heterocycles. The molecule has 0 aromatic rings. The Balaban J connectivity index is 2.55. The third kappa shape index (κ3) is 5.84. The Bertz CT molecular complexity index is 333.